The van der Waals surface area contributed by atoms with Gasteiger partial charge in [0.05, 0.1) is 20.1 Å². The summed E-state index contributed by atoms with van der Waals surface area (Å²) in [6.07, 6.45) is 4.99. The van der Waals surface area contributed by atoms with Crippen molar-refractivity contribution in [1.29, 1.82) is 0 Å². The Hall–Kier alpha value is -1.59. The predicted molar refractivity (Wildman–Crippen MR) is 97.9 cm³/mol. The van der Waals surface area contributed by atoms with Gasteiger partial charge < -0.3 is 14.4 Å². The van der Waals surface area contributed by atoms with Gasteiger partial charge in [-0.05, 0) is 50.4 Å². The Morgan fingerprint density at radius 1 is 1.24 bits per heavy atom. The Morgan fingerprint density at radius 2 is 2.00 bits per heavy atom. The van der Waals surface area contributed by atoms with Gasteiger partial charge in [-0.3, -0.25) is 9.69 Å². The highest BCUT2D eigenvalue weighted by atomic mass is 16.5. The van der Waals surface area contributed by atoms with Crippen molar-refractivity contribution in [2.24, 2.45) is 0 Å². The van der Waals surface area contributed by atoms with E-state index in [4.69, 9.17) is 9.47 Å². The van der Waals surface area contributed by atoms with Gasteiger partial charge in [-0.15, -0.1) is 0 Å². The fourth-order valence-electron chi connectivity index (χ4n) is 4.42. The van der Waals surface area contributed by atoms with Gasteiger partial charge in [0.25, 0.3) is 0 Å². The first-order valence-electron chi connectivity index (χ1n) is 9.20. The van der Waals surface area contributed by atoms with Crippen LogP contribution in [-0.2, 0) is 16.0 Å². The molecule has 0 unspecified atom stereocenters. The number of methoxy groups -OCH3 is 2. The maximum atomic E-state index is 12.7. The first kappa shape index (κ1) is 18.2. The van der Waals surface area contributed by atoms with E-state index in [0.29, 0.717) is 12.5 Å². The first-order valence-corrected chi connectivity index (χ1v) is 9.20. The summed E-state index contributed by atoms with van der Waals surface area (Å²) in [7, 11) is 5.66. The maximum Gasteiger partial charge on any atom is 0.226 e. The van der Waals surface area contributed by atoms with E-state index in [-0.39, 0.29) is 11.4 Å². The third-order valence-electron chi connectivity index (χ3n) is 6.13. The predicted octanol–water partition coefficient (Wildman–Crippen LogP) is 2.34. The molecule has 1 spiro atoms. The number of benzene rings is 1. The number of hydrogen-bond acceptors (Lipinski definition) is 4. The SMILES string of the molecule is COC[C@H]1CCC2(CCN(C(=O)Cc3cccc(OC)c3)CC2)N1C. The molecule has 3 rings (SSSR count). The summed E-state index contributed by atoms with van der Waals surface area (Å²) in [5.74, 6) is 1.02. The van der Waals surface area contributed by atoms with Gasteiger partial charge >= 0.3 is 0 Å². The van der Waals surface area contributed by atoms with Crippen molar-refractivity contribution in [3.8, 4) is 5.75 Å². The normalized spacial score (nSPS) is 23.2. The second-order valence-corrected chi connectivity index (χ2v) is 7.39. The van der Waals surface area contributed by atoms with E-state index in [1.54, 1.807) is 14.2 Å². The molecular formula is C20H30N2O3. The number of hydrogen-bond donors (Lipinski definition) is 0. The van der Waals surface area contributed by atoms with E-state index >= 15 is 0 Å². The Kier molecular flexibility index (Phi) is 5.64. The van der Waals surface area contributed by atoms with Gasteiger partial charge in [-0.2, -0.15) is 0 Å². The van der Waals surface area contributed by atoms with Crippen molar-refractivity contribution in [3.63, 3.8) is 0 Å². The molecule has 138 valence electrons. The number of carbonyl (C=O) groups is 1. The summed E-state index contributed by atoms with van der Waals surface area (Å²) in [5, 5.41) is 0. The van der Waals surface area contributed by atoms with Crippen molar-refractivity contribution in [1.82, 2.24) is 9.80 Å². The molecule has 2 heterocycles. The Morgan fingerprint density at radius 3 is 2.68 bits per heavy atom. The van der Waals surface area contributed by atoms with Crippen LogP contribution in [0.2, 0.25) is 0 Å². The molecule has 2 aliphatic rings. The van der Waals surface area contributed by atoms with Crippen LogP contribution in [0.3, 0.4) is 0 Å². The van der Waals surface area contributed by atoms with Crippen LogP contribution in [0.4, 0.5) is 0 Å². The number of likely N-dealkylation sites (tertiary alicyclic amines) is 2. The number of amides is 1. The summed E-state index contributed by atoms with van der Waals surface area (Å²) in [6, 6.07) is 8.31. The molecule has 5 nitrogen and oxygen atoms in total. The van der Waals surface area contributed by atoms with E-state index < -0.39 is 0 Å². The maximum absolute atomic E-state index is 12.7. The third kappa shape index (κ3) is 3.82. The average molecular weight is 346 g/mol. The average Bonchev–Trinajstić information content (AvgIpc) is 2.92. The topological polar surface area (TPSA) is 42.0 Å². The van der Waals surface area contributed by atoms with E-state index in [0.717, 1.165) is 43.9 Å². The molecule has 2 fully saturated rings. The first-order chi connectivity index (χ1) is 12.1. The highest BCUT2D eigenvalue weighted by Gasteiger charge is 2.46. The number of piperidine rings is 1. The molecule has 0 bridgehead atoms. The monoisotopic (exact) mass is 346 g/mol. The number of ether oxygens (including phenoxy) is 2. The number of nitrogens with zero attached hydrogens (tertiary/aromatic N) is 2. The molecule has 0 radical (unpaired) electrons. The van der Waals surface area contributed by atoms with Crippen LogP contribution in [0.1, 0.15) is 31.2 Å². The van der Waals surface area contributed by atoms with E-state index in [1.807, 2.05) is 29.2 Å². The quantitative estimate of drug-likeness (QED) is 0.821. The summed E-state index contributed by atoms with van der Waals surface area (Å²) >= 11 is 0. The van der Waals surface area contributed by atoms with Gasteiger partial charge in [-0.1, -0.05) is 12.1 Å². The Bertz CT molecular complexity index is 596. The van der Waals surface area contributed by atoms with Gasteiger partial charge in [0, 0.05) is 31.8 Å². The molecule has 1 aromatic carbocycles. The van der Waals surface area contributed by atoms with Crippen LogP contribution in [0.15, 0.2) is 24.3 Å². The van der Waals surface area contributed by atoms with Crippen molar-refractivity contribution in [3.05, 3.63) is 29.8 Å². The minimum absolute atomic E-state index is 0.220. The molecule has 0 aliphatic carbocycles. The van der Waals surface area contributed by atoms with Crippen LogP contribution in [0.25, 0.3) is 0 Å². The number of carbonyl (C=O) groups excluding carboxylic acids is 1. The molecule has 0 N–H and O–H groups in total. The summed E-state index contributed by atoms with van der Waals surface area (Å²) in [4.78, 5) is 17.2. The van der Waals surface area contributed by atoms with Crippen LogP contribution in [0.5, 0.6) is 5.75 Å². The zero-order valence-corrected chi connectivity index (χ0v) is 15.7. The summed E-state index contributed by atoms with van der Waals surface area (Å²) < 4.78 is 10.6. The van der Waals surface area contributed by atoms with Gasteiger partial charge in [0.2, 0.25) is 5.91 Å². The summed E-state index contributed by atoms with van der Waals surface area (Å²) in [6.45, 7) is 2.51. The minimum Gasteiger partial charge on any atom is -0.497 e. The van der Waals surface area contributed by atoms with Crippen LogP contribution in [-0.4, -0.2) is 68.3 Å². The summed E-state index contributed by atoms with van der Waals surface area (Å²) in [5.41, 5.74) is 1.28. The molecule has 25 heavy (non-hydrogen) atoms. The molecule has 1 atom stereocenters. The third-order valence-corrected chi connectivity index (χ3v) is 6.13. The molecule has 2 aliphatic heterocycles. The molecule has 1 amide bonds. The molecule has 0 aromatic heterocycles. The second-order valence-electron chi connectivity index (χ2n) is 7.39. The fraction of sp³-hybridized carbons (Fsp3) is 0.650. The smallest absolute Gasteiger partial charge is 0.226 e. The molecule has 5 heteroatoms. The standard InChI is InChI=1S/C20H30N2O3/c1-21-17(15-24-2)7-8-20(21)9-11-22(12-10-20)19(23)14-16-5-4-6-18(13-16)25-3/h4-6,13,17H,7-12,14-15H2,1-3H3/t17-/m1/s1. The minimum atomic E-state index is 0.220. The van der Waals surface area contributed by atoms with Gasteiger partial charge in [0.1, 0.15) is 5.75 Å². The Balaban J connectivity index is 1.56. The highest BCUT2D eigenvalue weighted by molar-refractivity contribution is 5.79. The molecule has 1 aromatic rings. The zero-order valence-electron chi connectivity index (χ0n) is 15.7. The zero-order chi connectivity index (χ0) is 17.9. The van der Waals surface area contributed by atoms with Gasteiger partial charge in [-0.25, -0.2) is 0 Å². The van der Waals surface area contributed by atoms with Crippen molar-refractivity contribution in [2.45, 2.75) is 43.7 Å². The lowest BCUT2D eigenvalue weighted by Crippen LogP contribution is -2.54. The van der Waals surface area contributed by atoms with Crippen LogP contribution >= 0.6 is 0 Å². The van der Waals surface area contributed by atoms with Gasteiger partial charge in [0.15, 0.2) is 0 Å². The van der Waals surface area contributed by atoms with Crippen molar-refractivity contribution >= 4 is 5.91 Å². The second kappa shape index (κ2) is 7.75. The van der Waals surface area contributed by atoms with E-state index in [9.17, 15) is 4.79 Å². The number of likely N-dealkylation sites (N-methyl/N-ethyl adjacent to an activating group) is 1. The Labute approximate surface area is 150 Å². The lowest BCUT2D eigenvalue weighted by atomic mass is 9.85. The lowest BCUT2D eigenvalue weighted by molar-refractivity contribution is -0.133. The fourth-order valence-corrected chi connectivity index (χ4v) is 4.42. The lowest BCUT2D eigenvalue weighted by Gasteiger charge is -2.45. The van der Waals surface area contributed by atoms with Crippen molar-refractivity contribution < 1.29 is 14.3 Å². The van der Waals surface area contributed by atoms with Crippen molar-refractivity contribution in [2.75, 3.05) is 41.0 Å². The van der Waals surface area contributed by atoms with Crippen LogP contribution in [0, 0.1) is 0 Å². The molecule has 2 saturated heterocycles. The van der Waals surface area contributed by atoms with E-state index in [1.165, 1.54) is 12.8 Å². The largest absolute Gasteiger partial charge is 0.497 e. The van der Waals surface area contributed by atoms with Crippen LogP contribution < -0.4 is 4.74 Å². The molecular weight excluding hydrogens is 316 g/mol. The molecule has 0 saturated carbocycles. The van der Waals surface area contributed by atoms with E-state index in [2.05, 4.69) is 11.9 Å². The number of rotatable bonds is 5. The highest BCUT2D eigenvalue weighted by Crippen LogP contribution is 2.40.